The normalized spacial score (nSPS) is 11.0. The molecule has 0 radical (unpaired) electrons. The molecule has 25 heavy (non-hydrogen) atoms. The van der Waals surface area contributed by atoms with Crippen molar-refractivity contribution in [3.63, 3.8) is 0 Å². The van der Waals surface area contributed by atoms with E-state index in [0.29, 0.717) is 24.5 Å². The standard InChI is InChI=1S/C17H19ClN2O4S/c1-13-5-2-3-6-16(13)24-25(22,23)15-9-7-14(8-10-15)20-17(21)19-12-4-11-18/h2-3,5-10H,4,11-12H2,1H3,(H2,19,20,21). The van der Waals surface area contributed by atoms with Crippen LogP contribution in [0.3, 0.4) is 0 Å². The topological polar surface area (TPSA) is 84.5 Å². The molecule has 2 N–H and O–H groups in total. The molecule has 6 nitrogen and oxygen atoms in total. The number of benzene rings is 2. The number of nitrogens with one attached hydrogen (secondary N) is 2. The molecular weight excluding hydrogens is 364 g/mol. The Morgan fingerprint density at radius 2 is 1.80 bits per heavy atom. The van der Waals surface area contributed by atoms with Crippen LogP contribution in [0.15, 0.2) is 53.4 Å². The third-order valence-corrected chi connectivity index (χ3v) is 4.81. The van der Waals surface area contributed by atoms with Gasteiger partial charge in [-0.1, -0.05) is 18.2 Å². The minimum absolute atomic E-state index is 0.00357. The van der Waals surface area contributed by atoms with Gasteiger partial charge in [0, 0.05) is 18.1 Å². The van der Waals surface area contributed by atoms with E-state index in [1.165, 1.54) is 24.3 Å². The lowest BCUT2D eigenvalue weighted by Gasteiger charge is -2.10. The van der Waals surface area contributed by atoms with Crippen LogP contribution in [0, 0.1) is 6.92 Å². The Balaban J connectivity index is 2.03. The first-order valence-corrected chi connectivity index (χ1v) is 9.57. The highest BCUT2D eigenvalue weighted by molar-refractivity contribution is 7.87. The first kappa shape index (κ1) is 19.1. The molecule has 0 unspecified atom stereocenters. The van der Waals surface area contributed by atoms with Gasteiger partial charge in [-0.25, -0.2) is 4.79 Å². The fourth-order valence-electron chi connectivity index (χ4n) is 1.97. The average molecular weight is 383 g/mol. The van der Waals surface area contributed by atoms with Crippen LogP contribution in [0.25, 0.3) is 0 Å². The number of anilines is 1. The number of halogens is 1. The molecule has 0 heterocycles. The maximum absolute atomic E-state index is 12.3. The zero-order chi connectivity index (χ0) is 18.3. The zero-order valence-corrected chi connectivity index (χ0v) is 15.2. The SMILES string of the molecule is Cc1ccccc1OS(=O)(=O)c1ccc(NC(=O)NCCCCl)cc1. The van der Waals surface area contributed by atoms with Crippen LogP contribution in [0.4, 0.5) is 10.5 Å². The predicted octanol–water partition coefficient (Wildman–Crippen LogP) is 3.51. The second-order valence-corrected chi connectivity index (χ2v) is 7.18. The number of hydrogen-bond donors (Lipinski definition) is 2. The summed E-state index contributed by atoms with van der Waals surface area (Å²) in [5, 5.41) is 5.25. The molecule has 0 aliphatic rings. The average Bonchev–Trinajstić information content (AvgIpc) is 2.57. The number of urea groups is 1. The van der Waals surface area contributed by atoms with Crippen molar-refractivity contribution in [2.45, 2.75) is 18.2 Å². The van der Waals surface area contributed by atoms with Crippen molar-refractivity contribution in [3.8, 4) is 5.75 Å². The van der Waals surface area contributed by atoms with Crippen molar-refractivity contribution >= 4 is 33.4 Å². The van der Waals surface area contributed by atoms with E-state index in [2.05, 4.69) is 10.6 Å². The first-order chi connectivity index (χ1) is 11.9. The van der Waals surface area contributed by atoms with Gasteiger partial charge >= 0.3 is 16.1 Å². The van der Waals surface area contributed by atoms with E-state index in [1.807, 2.05) is 0 Å². The summed E-state index contributed by atoms with van der Waals surface area (Å²) in [7, 11) is -3.94. The number of alkyl halides is 1. The molecule has 0 aliphatic carbocycles. The maximum atomic E-state index is 12.3. The van der Waals surface area contributed by atoms with Crippen LogP contribution in [0.2, 0.25) is 0 Å². The second kappa shape index (κ2) is 8.73. The summed E-state index contributed by atoms with van der Waals surface area (Å²) < 4.78 is 29.8. The fourth-order valence-corrected chi connectivity index (χ4v) is 3.09. The largest absolute Gasteiger partial charge is 0.379 e. The summed E-state index contributed by atoms with van der Waals surface area (Å²) in [6.07, 6.45) is 0.669. The number of aryl methyl sites for hydroxylation is 1. The van der Waals surface area contributed by atoms with Gasteiger partial charge in [0.25, 0.3) is 0 Å². The second-order valence-electron chi connectivity index (χ2n) is 5.25. The molecule has 2 aromatic carbocycles. The molecule has 8 heteroatoms. The Bertz CT molecular complexity index is 823. The molecule has 0 saturated heterocycles. The highest BCUT2D eigenvalue weighted by Gasteiger charge is 2.17. The van der Waals surface area contributed by atoms with Gasteiger partial charge in [-0.15, -0.1) is 11.6 Å². The van der Waals surface area contributed by atoms with E-state index in [-0.39, 0.29) is 16.7 Å². The van der Waals surface area contributed by atoms with Crippen LogP contribution >= 0.6 is 11.6 Å². The molecule has 2 amide bonds. The van der Waals surface area contributed by atoms with Crippen LogP contribution in [0.5, 0.6) is 5.75 Å². The molecule has 0 aromatic heterocycles. The molecule has 0 atom stereocenters. The van der Waals surface area contributed by atoms with E-state index >= 15 is 0 Å². The van der Waals surface area contributed by atoms with Crippen molar-refractivity contribution in [3.05, 3.63) is 54.1 Å². The van der Waals surface area contributed by atoms with Crippen molar-refractivity contribution in [2.75, 3.05) is 17.7 Å². The lowest BCUT2D eigenvalue weighted by atomic mass is 10.2. The highest BCUT2D eigenvalue weighted by Crippen LogP contribution is 2.23. The van der Waals surface area contributed by atoms with Crippen molar-refractivity contribution in [2.24, 2.45) is 0 Å². The van der Waals surface area contributed by atoms with Crippen molar-refractivity contribution in [1.82, 2.24) is 5.32 Å². The van der Waals surface area contributed by atoms with Gasteiger partial charge in [0.2, 0.25) is 0 Å². The van der Waals surface area contributed by atoms with Gasteiger partial charge in [-0.2, -0.15) is 8.42 Å². The third kappa shape index (κ3) is 5.65. The van der Waals surface area contributed by atoms with E-state index in [0.717, 1.165) is 5.56 Å². The molecule has 0 fully saturated rings. The van der Waals surface area contributed by atoms with Crippen LogP contribution in [0.1, 0.15) is 12.0 Å². The summed E-state index contributed by atoms with van der Waals surface area (Å²) >= 11 is 5.53. The summed E-state index contributed by atoms with van der Waals surface area (Å²) in [4.78, 5) is 11.6. The maximum Gasteiger partial charge on any atom is 0.339 e. The lowest BCUT2D eigenvalue weighted by molar-refractivity contribution is 0.252. The summed E-state index contributed by atoms with van der Waals surface area (Å²) in [5.74, 6) is 0.747. The van der Waals surface area contributed by atoms with E-state index in [1.54, 1.807) is 31.2 Å². The molecule has 134 valence electrons. The minimum atomic E-state index is -3.94. The van der Waals surface area contributed by atoms with Crippen molar-refractivity contribution < 1.29 is 17.4 Å². The zero-order valence-electron chi connectivity index (χ0n) is 13.7. The minimum Gasteiger partial charge on any atom is -0.379 e. The number of hydrogen-bond acceptors (Lipinski definition) is 4. The number of carbonyl (C=O) groups is 1. The van der Waals surface area contributed by atoms with Crippen molar-refractivity contribution in [1.29, 1.82) is 0 Å². The monoisotopic (exact) mass is 382 g/mol. The van der Waals surface area contributed by atoms with Crippen LogP contribution in [-0.2, 0) is 10.1 Å². The van der Waals surface area contributed by atoms with Gasteiger partial charge in [-0.3, -0.25) is 0 Å². The Morgan fingerprint density at radius 1 is 1.12 bits per heavy atom. The molecule has 2 rings (SSSR count). The van der Waals surface area contributed by atoms with Crippen LogP contribution in [-0.4, -0.2) is 26.9 Å². The van der Waals surface area contributed by atoms with E-state index in [4.69, 9.17) is 15.8 Å². The summed E-state index contributed by atoms with van der Waals surface area (Å²) in [6.45, 7) is 2.23. The third-order valence-electron chi connectivity index (χ3n) is 3.29. The van der Waals surface area contributed by atoms with Gasteiger partial charge in [0.05, 0.1) is 0 Å². The molecule has 0 aliphatic heterocycles. The molecule has 0 spiro atoms. The fraction of sp³-hybridized carbons (Fsp3) is 0.235. The van der Waals surface area contributed by atoms with E-state index in [9.17, 15) is 13.2 Å². The number of para-hydroxylation sites is 1. The Morgan fingerprint density at radius 3 is 2.44 bits per heavy atom. The molecular formula is C17H19ClN2O4S. The molecule has 2 aromatic rings. The Labute approximate surface area is 152 Å². The Kier molecular flexibility index (Phi) is 6.66. The number of carbonyl (C=O) groups excluding carboxylic acids is 1. The summed E-state index contributed by atoms with van der Waals surface area (Å²) in [6, 6.07) is 12.2. The van der Waals surface area contributed by atoms with Crippen LogP contribution < -0.4 is 14.8 Å². The smallest absolute Gasteiger partial charge is 0.339 e. The van der Waals surface area contributed by atoms with Gasteiger partial charge < -0.3 is 14.8 Å². The quantitative estimate of drug-likeness (QED) is 0.436. The molecule has 0 bridgehead atoms. The Hall–Kier alpha value is -2.25. The number of rotatable bonds is 7. The van der Waals surface area contributed by atoms with Gasteiger partial charge in [-0.05, 0) is 49.2 Å². The number of amides is 2. The van der Waals surface area contributed by atoms with Gasteiger partial charge in [0.15, 0.2) is 0 Å². The lowest BCUT2D eigenvalue weighted by Crippen LogP contribution is -2.29. The summed E-state index contributed by atoms with van der Waals surface area (Å²) in [5.41, 5.74) is 1.19. The van der Waals surface area contributed by atoms with E-state index < -0.39 is 10.1 Å². The highest BCUT2D eigenvalue weighted by atomic mass is 35.5. The predicted molar refractivity (Wildman–Crippen MR) is 97.8 cm³/mol. The van der Waals surface area contributed by atoms with Gasteiger partial charge in [0.1, 0.15) is 10.6 Å². The first-order valence-electron chi connectivity index (χ1n) is 7.63. The molecule has 0 saturated carbocycles.